The highest BCUT2D eigenvalue weighted by Crippen LogP contribution is 2.19. The van der Waals surface area contributed by atoms with Gasteiger partial charge in [0, 0.05) is 13.3 Å². The van der Waals surface area contributed by atoms with Gasteiger partial charge in [0.05, 0.1) is 6.07 Å². The zero-order valence-electron chi connectivity index (χ0n) is 10.7. The Morgan fingerprint density at radius 2 is 2.06 bits per heavy atom. The molecular weight excluding hydrogens is 202 g/mol. The molecule has 16 heavy (non-hydrogen) atoms. The van der Waals surface area contributed by atoms with E-state index in [9.17, 15) is 4.79 Å². The van der Waals surface area contributed by atoms with Crippen molar-refractivity contribution in [3.8, 4) is 6.07 Å². The average Bonchev–Trinajstić information content (AvgIpc) is 2.24. The van der Waals surface area contributed by atoms with Crippen LogP contribution in [0.15, 0.2) is 0 Å². The molecule has 0 bridgehead atoms. The van der Waals surface area contributed by atoms with Crippen molar-refractivity contribution < 1.29 is 9.53 Å². The fourth-order valence-corrected chi connectivity index (χ4v) is 1.75. The number of hydrogen-bond acceptors (Lipinski definition) is 3. The van der Waals surface area contributed by atoms with E-state index in [1.54, 1.807) is 0 Å². The van der Waals surface area contributed by atoms with Gasteiger partial charge in [-0.1, -0.05) is 26.7 Å². The first-order chi connectivity index (χ1) is 7.61. The van der Waals surface area contributed by atoms with E-state index in [2.05, 4.69) is 19.9 Å². The van der Waals surface area contributed by atoms with E-state index in [4.69, 9.17) is 10.00 Å². The first-order valence-electron chi connectivity index (χ1n) is 6.16. The summed E-state index contributed by atoms with van der Waals surface area (Å²) in [4.78, 5) is 11.0. The van der Waals surface area contributed by atoms with E-state index in [0.717, 1.165) is 19.3 Å². The highest BCUT2D eigenvalue weighted by atomic mass is 16.5. The molecule has 0 amide bonds. The first-order valence-corrected chi connectivity index (χ1v) is 6.16. The minimum Gasteiger partial charge on any atom is -0.462 e. The number of nitriles is 1. The standard InChI is InChI=1S/C13H23NO2/c1-4-5-6-9-13(16-12(3)15)11(2)8-7-10-14/h11,13H,4-9H2,1-3H3/t11-,13+/m0/s1. The van der Waals surface area contributed by atoms with Gasteiger partial charge in [0.1, 0.15) is 6.10 Å². The molecule has 0 aliphatic rings. The van der Waals surface area contributed by atoms with Crippen LogP contribution >= 0.6 is 0 Å². The number of hydrogen-bond donors (Lipinski definition) is 0. The van der Waals surface area contributed by atoms with Crippen molar-refractivity contribution in [3.05, 3.63) is 0 Å². The molecule has 0 heterocycles. The first kappa shape index (κ1) is 15.0. The molecule has 0 aromatic heterocycles. The highest BCUT2D eigenvalue weighted by Gasteiger charge is 2.19. The third kappa shape index (κ3) is 7.28. The van der Waals surface area contributed by atoms with Crippen LogP contribution in [0.25, 0.3) is 0 Å². The molecule has 0 aliphatic carbocycles. The van der Waals surface area contributed by atoms with Crippen LogP contribution < -0.4 is 0 Å². The lowest BCUT2D eigenvalue weighted by atomic mass is 9.95. The predicted molar refractivity (Wildman–Crippen MR) is 63.7 cm³/mol. The number of carbonyl (C=O) groups excluding carboxylic acids is 1. The Hall–Kier alpha value is -1.04. The van der Waals surface area contributed by atoms with E-state index in [1.165, 1.54) is 19.8 Å². The fourth-order valence-electron chi connectivity index (χ4n) is 1.75. The van der Waals surface area contributed by atoms with Gasteiger partial charge < -0.3 is 4.74 Å². The van der Waals surface area contributed by atoms with Gasteiger partial charge in [-0.15, -0.1) is 0 Å². The van der Waals surface area contributed by atoms with Gasteiger partial charge >= 0.3 is 5.97 Å². The molecule has 0 N–H and O–H groups in total. The molecule has 3 heteroatoms. The second kappa shape index (κ2) is 9.21. The molecule has 0 radical (unpaired) electrons. The summed E-state index contributed by atoms with van der Waals surface area (Å²) in [6.45, 7) is 5.65. The summed E-state index contributed by atoms with van der Waals surface area (Å²) in [7, 11) is 0. The zero-order valence-corrected chi connectivity index (χ0v) is 10.7. The number of esters is 1. The molecular formula is C13H23NO2. The van der Waals surface area contributed by atoms with E-state index in [-0.39, 0.29) is 18.0 Å². The van der Waals surface area contributed by atoms with Gasteiger partial charge in [0.15, 0.2) is 0 Å². The van der Waals surface area contributed by atoms with Crippen molar-refractivity contribution in [3.63, 3.8) is 0 Å². The molecule has 0 saturated heterocycles. The molecule has 3 nitrogen and oxygen atoms in total. The van der Waals surface area contributed by atoms with E-state index in [1.807, 2.05) is 0 Å². The monoisotopic (exact) mass is 225 g/mol. The molecule has 0 aromatic rings. The van der Waals surface area contributed by atoms with Crippen LogP contribution in [0.2, 0.25) is 0 Å². The molecule has 2 atom stereocenters. The average molecular weight is 225 g/mol. The van der Waals surface area contributed by atoms with Crippen LogP contribution in [-0.4, -0.2) is 12.1 Å². The number of nitrogens with zero attached hydrogens (tertiary/aromatic N) is 1. The van der Waals surface area contributed by atoms with Crippen molar-refractivity contribution in [1.82, 2.24) is 0 Å². The number of rotatable bonds is 8. The summed E-state index contributed by atoms with van der Waals surface area (Å²) >= 11 is 0. The number of unbranched alkanes of at least 4 members (excludes halogenated alkanes) is 2. The maximum absolute atomic E-state index is 11.0. The Kier molecular flexibility index (Phi) is 8.61. The van der Waals surface area contributed by atoms with Crippen LogP contribution in [0.3, 0.4) is 0 Å². The van der Waals surface area contributed by atoms with E-state index < -0.39 is 0 Å². The Morgan fingerprint density at radius 3 is 2.56 bits per heavy atom. The van der Waals surface area contributed by atoms with Crippen molar-refractivity contribution in [1.29, 1.82) is 5.26 Å². The van der Waals surface area contributed by atoms with Gasteiger partial charge in [-0.2, -0.15) is 5.26 Å². The molecule has 0 aromatic carbocycles. The Balaban J connectivity index is 4.07. The fraction of sp³-hybridized carbons (Fsp3) is 0.846. The normalized spacial score (nSPS) is 13.9. The second-order valence-corrected chi connectivity index (χ2v) is 4.32. The van der Waals surface area contributed by atoms with Crippen LogP contribution in [0.5, 0.6) is 0 Å². The third-order valence-electron chi connectivity index (χ3n) is 2.76. The van der Waals surface area contributed by atoms with Crippen LogP contribution in [-0.2, 0) is 9.53 Å². The van der Waals surface area contributed by atoms with Crippen LogP contribution in [0.1, 0.15) is 59.3 Å². The smallest absolute Gasteiger partial charge is 0.302 e. The van der Waals surface area contributed by atoms with E-state index in [0.29, 0.717) is 6.42 Å². The molecule has 0 spiro atoms. The van der Waals surface area contributed by atoms with Crippen LogP contribution in [0.4, 0.5) is 0 Å². The molecule has 0 aliphatic heterocycles. The van der Waals surface area contributed by atoms with E-state index >= 15 is 0 Å². The third-order valence-corrected chi connectivity index (χ3v) is 2.76. The Labute approximate surface area is 98.8 Å². The predicted octanol–water partition coefficient (Wildman–Crippen LogP) is 3.44. The van der Waals surface area contributed by atoms with Gasteiger partial charge in [-0.05, 0) is 25.2 Å². The molecule has 0 saturated carbocycles. The lowest BCUT2D eigenvalue weighted by molar-refractivity contribution is -0.149. The quantitative estimate of drug-likeness (QED) is 0.469. The van der Waals surface area contributed by atoms with Crippen LogP contribution in [0, 0.1) is 17.2 Å². The number of carbonyl (C=O) groups is 1. The van der Waals surface area contributed by atoms with Gasteiger partial charge in [-0.3, -0.25) is 4.79 Å². The summed E-state index contributed by atoms with van der Waals surface area (Å²) in [5.41, 5.74) is 0. The zero-order chi connectivity index (χ0) is 12.4. The Bertz CT molecular complexity index is 233. The molecule has 0 fully saturated rings. The van der Waals surface area contributed by atoms with Crippen molar-refractivity contribution in [2.45, 2.75) is 65.4 Å². The number of ether oxygens (including phenoxy) is 1. The summed E-state index contributed by atoms with van der Waals surface area (Å²) in [6, 6.07) is 2.13. The topological polar surface area (TPSA) is 50.1 Å². The van der Waals surface area contributed by atoms with Crippen molar-refractivity contribution in [2.24, 2.45) is 5.92 Å². The Morgan fingerprint density at radius 1 is 1.38 bits per heavy atom. The maximum atomic E-state index is 11.0. The second-order valence-electron chi connectivity index (χ2n) is 4.32. The van der Waals surface area contributed by atoms with Crippen molar-refractivity contribution in [2.75, 3.05) is 0 Å². The summed E-state index contributed by atoms with van der Waals surface area (Å²) in [5, 5.41) is 8.54. The van der Waals surface area contributed by atoms with Gasteiger partial charge in [0.25, 0.3) is 0 Å². The largest absolute Gasteiger partial charge is 0.462 e. The van der Waals surface area contributed by atoms with Crippen molar-refractivity contribution >= 4 is 5.97 Å². The lowest BCUT2D eigenvalue weighted by Gasteiger charge is -2.23. The molecule has 0 unspecified atom stereocenters. The summed E-state index contributed by atoms with van der Waals surface area (Å²) in [5.74, 6) is 0.0608. The highest BCUT2D eigenvalue weighted by molar-refractivity contribution is 5.66. The maximum Gasteiger partial charge on any atom is 0.302 e. The summed E-state index contributed by atoms with van der Waals surface area (Å²) in [6.07, 6.45) is 5.66. The summed E-state index contributed by atoms with van der Waals surface area (Å²) < 4.78 is 5.31. The molecule has 92 valence electrons. The SMILES string of the molecule is CCCCC[C@@H](OC(C)=O)[C@@H](C)CCC#N. The van der Waals surface area contributed by atoms with Gasteiger partial charge in [-0.25, -0.2) is 0 Å². The van der Waals surface area contributed by atoms with Gasteiger partial charge in [0.2, 0.25) is 0 Å². The lowest BCUT2D eigenvalue weighted by Crippen LogP contribution is -2.24. The molecule has 0 rings (SSSR count). The minimum atomic E-state index is -0.217. The minimum absolute atomic E-state index is 0.0163.